The van der Waals surface area contributed by atoms with Gasteiger partial charge in [0.15, 0.2) is 0 Å². The molecule has 25 heavy (non-hydrogen) atoms. The average Bonchev–Trinajstić information content (AvgIpc) is 3.10. The Balaban J connectivity index is 2.02. The van der Waals surface area contributed by atoms with Gasteiger partial charge in [0.05, 0.1) is 0 Å². The molecule has 0 aliphatic heterocycles. The molecule has 2 aromatic rings. The molecule has 2 aromatic carbocycles. The zero-order chi connectivity index (χ0) is 17.8. The van der Waals surface area contributed by atoms with Gasteiger partial charge >= 0.3 is 158 Å². The molecular weight excluding hydrogens is 499 g/mol. The summed E-state index contributed by atoms with van der Waals surface area (Å²) >= 11 is -2.15. The molecule has 0 amide bonds. The third-order valence-electron chi connectivity index (χ3n) is 4.07. The second-order valence-electron chi connectivity index (χ2n) is 7.90. The van der Waals surface area contributed by atoms with Crippen molar-refractivity contribution in [3.05, 3.63) is 96.1 Å². The fourth-order valence-corrected chi connectivity index (χ4v) is 31.1. The van der Waals surface area contributed by atoms with E-state index in [0.717, 1.165) is 0 Å². The molecule has 0 atom stereocenters. The van der Waals surface area contributed by atoms with Crippen LogP contribution < -0.4 is 0 Å². The van der Waals surface area contributed by atoms with Crippen LogP contribution >= 0.6 is 0 Å². The van der Waals surface area contributed by atoms with Crippen molar-refractivity contribution >= 4 is 8.07 Å². The second kappa shape index (κ2) is 8.02. The Morgan fingerprint density at radius 2 is 1.16 bits per heavy atom. The first-order chi connectivity index (χ1) is 12.0. The van der Waals surface area contributed by atoms with E-state index in [9.17, 15) is 0 Å². The van der Waals surface area contributed by atoms with Gasteiger partial charge in [0.25, 0.3) is 0 Å². The van der Waals surface area contributed by atoms with Gasteiger partial charge < -0.3 is 0 Å². The number of allylic oxidation sites excluding steroid dienone is 4. The zero-order valence-corrected chi connectivity index (χ0v) is 18.9. The van der Waals surface area contributed by atoms with Crippen molar-refractivity contribution in [2.24, 2.45) is 0 Å². The van der Waals surface area contributed by atoms with Crippen molar-refractivity contribution in [2.45, 2.75) is 38.0 Å². The van der Waals surface area contributed by atoms with E-state index in [4.69, 9.17) is 0 Å². The van der Waals surface area contributed by atoms with Gasteiger partial charge in [-0.3, -0.25) is 0 Å². The number of rotatable bonds is 7. The molecular formula is C23H30PtSi. The minimum atomic E-state index is -2.15. The van der Waals surface area contributed by atoms with Gasteiger partial charge in [0.2, 0.25) is 0 Å². The molecule has 0 fully saturated rings. The van der Waals surface area contributed by atoms with Crippen LogP contribution in [0.3, 0.4) is 0 Å². The average molecular weight is 530 g/mol. The van der Waals surface area contributed by atoms with Gasteiger partial charge in [-0.25, -0.2) is 0 Å². The molecule has 0 spiro atoms. The third kappa shape index (κ3) is 5.15. The van der Waals surface area contributed by atoms with Gasteiger partial charge in [-0.1, -0.05) is 0 Å². The maximum absolute atomic E-state index is 2.56. The monoisotopic (exact) mass is 529 g/mol. The van der Waals surface area contributed by atoms with Crippen molar-refractivity contribution in [3.63, 3.8) is 0 Å². The fourth-order valence-electron chi connectivity index (χ4n) is 3.28. The van der Waals surface area contributed by atoms with Gasteiger partial charge in [-0.15, -0.1) is 0 Å². The van der Waals surface area contributed by atoms with Crippen LogP contribution in [0.25, 0.3) is 0 Å². The summed E-state index contributed by atoms with van der Waals surface area (Å²) in [7, 11) is -1.16. The van der Waals surface area contributed by atoms with E-state index < -0.39 is 24.1 Å². The first-order valence-corrected chi connectivity index (χ1v) is 18.7. The second-order valence-corrected chi connectivity index (χ2v) is 25.0. The molecule has 0 nitrogen and oxygen atoms in total. The van der Waals surface area contributed by atoms with E-state index in [1.807, 2.05) is 0 Å². The van der Waals surface area contributed by atoms with E-state index in [0.29, 0.717) is 4.31 Å². The molecule has 0 bridgehead atoms. The Morgan fingerprint density at radius 3 is 1.56 bits per heavy atom. The molecule has 0 radical (unpaired) electrons. The van der Waals surface area contributed by atoms with Crippen LogP contribution in [0.4, 0.5) is 0 Å². The summed E-state index contributed by atoms with van der Waals surface area (Å²) in [6, 6.07) is 22.5. The minimum absolute atomic E-state index is 0.708. The van der Waals surface area contributed by atoms with Crippen molar-refractivity contribution in [1.82, 2.24) is 0 Å². The van der Waals surface area contributed by atoms with Gasteiger partial charge in [-0.05, 0) is 0 Å². The first-order valence-electron chi connectivity index (χ1n) is 8.90. The van der Waals surface area contributed by atoms with Crippen molar-refractivity contribution < 1.29 is 16.1 Å². The number of benzene rings is 2. The van der Waals surface area contributed by atoms with Crippen LogP contribution in [0.1, 0.15) is 11.1 Å². The summed E-state index contributed by atoms with van der Waals surface area (Å²) in [6.07, 6.45) is 9.57. The normalized spacial score (nSPS) is 15.6. The molecule has 0 unspecified atom stereocenters. The molecule has 136 valence electrons. The Hall–Kier alpha value is -1.17. The molecule has 2 heteroatoms. The van der Waals surface area contributed by atoms with Crippen LogP contribution in [0.2, 0.25) is 28.4 Å². The summed E-state index contributed by atoms with van der Waals surface area (Å²) in [5.41, 5.74) is 3.09. The van der Waals surface area contributed by atoms with Gasteiger partial charge in [-0.2, -0.15) is 0 Å². The van der Waals surface area contributed by atoms with E-state index in [1.165, 1.54) is 14.1 Å². The van der Waals surface area contributed by atoms with E-state index in [1.54, 1.807) is 11.1 Å². The summed E-state index contributed by atoms with van der Waals surface area (Å²) in [5, 5.41) is 0. The molecule has 1 aliphatic rings. The predicted molar refractivity (Wildman–Crippen MR) is 110 cm³/mol. The Labute approximate surface area is 157 Å². The summed E-state index contributed by atoms with van der Waals surface area (Å²) < 4.78 is 2.22. The Bertz CT molecular complexity index is 672. The molecule has 0 N–H and O–H groups in total. The Morgan fingerprint density at radius 1 is 0.720 bits per heavy atom. The van der Waals surface area contributed by atoms with E-state index >= 15 is 0 Å². The SMILES string of the molecule is C[Si](C)(C)[CH2][Pt]([CH2]c1ccccc1)([CH2]c1ccccc1)[CH]1C=CC=C1. The molecule has 0 saturated carbocycles. The molecule has 0 heterocycles. The van der Waals surface area contributed by atoms with Crippen molar-refractivity contribution in [3.8, 4) is 0 Å². The van der Waals surface area contributed by atoms with Crippen LogP contribution in [-0.2, 0) is 25.7 Å². The van der Waals surface area contributed by atoms with Crippen molar-refractivity contribution in [2.75, 3.05) is 0 Å². The maximum atomic E-state index is 2.56. The molecule has 1 aliphatic carbocycles. The molecule has 3 rings (SSSR count). The fraction of sp³-hybridized carbons (Fsp3) is 0.304. The van der Waals surface area contributed by atoms with Gasteiger partial charge in [0, 0.05) is 0 Å². The zero-order valence-electron chi connectivity index (χ0n) is 15.6. The van der Waals surface area contributed by atoms with Crippen LogP contribution in [-0.4, -0.2) is 8.07 Å². The third-order valence-corrected chi connectivity index (χ3v) is 26.4. The number of hydrogen-bond donors (Lipinski definition) is 0. The summed E-state index contributed by atoms with van der Waals surface area (Å²) in [4.78, 5) is 2.65. The quantitative estimate of drug-likeness (QED) is 0.348. The van der Waals surface area contributed by atoms with Crippen LogP contribution in [0, 0.1) is 0 Å². The van der Waals surface area contributed by atoms with E-state index in [2.05, 4.69) is 105 Å². The van der Waals surface area contributed by atoms with Crippen molar-refractivity contribution in [1.29, 1.82) is 0 Å². The standard InChI is InChI=1S/2C7H7.C5H5.C4H11Si.Pt/c2*1-7-5-3-2-4-6-7;1-2-4-5-3-1;1-5(2,3)4;/h2*2-6H,1H2;1-5H;1H2,2-4H3;. The molecule has 0 aromatic heterocycles. The Kier molecular flexibility index (Phi) is 5.97. The summed E-state index contributed by atoms with van der Waals surface area (Å²) in [6.45, 7) is 7.68. The summed E-state index contributed by atoms with van der Waals surface area (Å²) in [5.74, 6) is 0. The molecule has 0 saturated heterocycles. The van der Waals surface area contributed by atoms with Gasteiger partial charge in [0.1, 0.15) is 0 Å². The van der Waals surface area contributed by atoms with Crippen LogP contribution in [0.5, 0.6) is 0 Å². The first kappa shape index (κ1) is 18.6. The number of hydrogen-bond acceptors (Lipinski definition) is 0. The topological polar surface area (TPSA) is 0 Å². The van der Waals surface area contributed by atoms with E-state index in [-0.39, 0.29) is 0 Å². The predicted octanol–water partition coefficient (Wildman–Crippen LogP) is 6.75. The van der Waals surface area contributed by atoms with Crippen LogP contribution in [0.15, 0.2) is 85.0 Å².